The molecule has 3 rings (SSSR count). The standard InChI is InChI=1S/C22H28ClN3O2/c23-20-9-5-4-8-19(20)16-24-22(28)21(10-15-27)26-13-11-25(12-14-26)17-18-6-2-1-3-7-18/h1-9,21,27H,10-17H2,(H,24,28). The molecular weight excluding hydrogens is 374 g/mol. The first kappa shape index (κ1) is 20.8. The molecule has 1 saturated heterocycles. The van der Waals surface area contributed by atoms with Gasteiger partial charge < -0.3 is 10.4 Å². The van der Waals surface area contributed by atoms with Gasteiger partial charge in [-0.1, -0.05) is 60.1 Å². The Labute approximate surface area is 171 Å². The van der Waals surface area contributed by atoms with Crippen LogP contribution in [-0.2, 0) is 17.9 Å². The average Bonchev–Trinajstić information content (AvgIpc) is 2.73. The second kappa shape index (κ2) is 10.6. The number of aliphatic hydroxyl groups is 1. The smallest absolute Gasteiger partial charge is 0.237 e. The predicted molar refractivity (Wildman–Crippen MR) is 112 cm³/mol. The summed E-state index contributed by atoms with van der Waals surface area (Å²) in [6.45, 7) is 4.78. The van der Waals surface area contributed by atoms with Gasteiger partial charge in [-0.25, -0.2) is 0 Å². The van der Waals surface area contributed by atoms with Crippen LogP contribution in [-0.4, -0.2) is 59.6 Å². The minimum atomic E-state index is -0.314. The topological polar surface area (TPSA) is 55.8 Å². The van der Waals surface area contributed by atoms with Crippen molar-refractivity contribution in [3.8, 4) is 0 Å². The van der Waals surface area contributed by atoms with E-state index in [1.165, 1.54) is 5.56 Å². The van der Waals surface area contributed by atoms with E-state index in [1.807, 2.05) is 30.3 Å². The van der Waals surface area contributed by atoms with Crippen molar-refractivity contribution in [2.75, 3.05) is 32.8 Å². The highest BCUT2D eigenvalue weighted by atomic mass is 35.5. The van der Waals surface area contributed by atoms with Crippen LogP contribution in [0.1, 0.15) is 17.5 Å². The van der Waals surface area contributed by atoms with E-state index in [1.54, 1.807) is 0 Å². The molecule has 0 spiro atoms. The Morgan fingerprint density at radius 3 is 2.39 bits per heavy atom. The molecule has 0 radical (unpaired) electrons. The maximum absolute atomic E-state index is 12.8. The molecule has 0 aliphatic carbocycles. The molecule has 1 unspecified atom stereocenters. The number of nitrogens with zero attached hydrogens (tertiary/aromatic N) is 2. The highest BCUT2D eigenvalue weighted by Gasteiger charge is 2.28. The summed E-state index contributed by atoms with van der Waals surface area (Å²) in [7, 11) is 0. The molecule has 0 bridgehead atoms. The number of piperazine rings is 1. The molecule has 1 atom stereocenters. The highest BCUT2D eigenvalue weighted by Crippen LogP contribution is 2.16. The Morgan fingerprint density at radius 2 is 1.71 bits per heavy atom. The van der Waals surface area contributed by atoms with Gasteiger partial charge in [0, 0.05) is 50.9 Å². The van der Waals surface area contributed by atoms with Crippen molar-refractivity contribution in [1.29, 1.82) is 0 Å². The van der Waals surface area contributed by atoms with Gasteiger partial charge in [0.15, 0.2) is 0 Å². The lowest BCUT2D eigenvalue weighted by molar-refractivity contribution is -0.128. The summed E-state index contributed by atoms with van der Waals surface area (Å²) in [6.07, 6.45) is 0.438. The van der Waals surface area contributed by atoms with E-state index >= 15 is 0 Å². The van der Waals surface area contributed by atoms with Crippen molar-refractivity contribution in [2.24, 2.45) is 0 Å². The molecule has 1 aliphatic rings. The third-order valence-corrected chi connectivity index (χ3v) is 5.58. The van der Waals surface area contributed by atoms with Gasteiger partial charge in [-0.05, 0) is 23.6 Å². The molecule has 1 heterocycles. The second-order valence-electron chi connectivity index (χ2n) is 7.14. The van der Waals surface area contributed by atoms with E-state index in [2.05, 4.69) is 39.4 Å². The summed E-state index contributed by atoms with van der Waals surface area (Å²) >= 11 is 6.17. The van der Waals surface area contributed by atoms with Crippen LogP contribution in [0.25, 0.3) is 0 Å². The van der Waals surface area contributed by atoms with Gasteiger partial charge in [-0.2, -0.15) is 0 Å². The maximum Gasteiger partial charge on any atom is 0.237 e. The number of carbonyl (C=O) groups excluding carboxylic acids is 1. The van der Waals surface area contributed by atoms with Crippen LogP contribution >= 0.6 is 11.6 Å². The normalized spacial score (nSPS) is 16.6. The van der Waals surface area contributed by atoms with Crippen molar-refractivity contribution in [3.05, 3.63) is 70.7 Å². The van der Waals surface area contributed by atoms with Crippen molar-refractivity contribution in [1.82, 2.24) is 15.1 Å². The minimum absolute atomic E-state index is 0.00555. The molecule has 5 nitrogen and oxygen atoms in total. The molecule has 1 fully saturated rings. The molecule has 2 N–H and O–H groups in total. The lowest BCUT2D eigenvalue weighted by atomic mass is 10.1. The molecule has 6 heteroatoms. The van der Waals surface area contributed by atoms with E-state index in [-0.39, 0.29) is 18.6 Å². The number of nitrogens with one attached hydrogen (secondary N) is 1. The van der Waals surface area contributed by atoms with Crippen LogP contribution in [0, 0.1) is 0 Å². The molecule has 1 amide bonds. The first-order valence-electron chi connectivity index (χ1n) is 9.79. The van der Waals surface area contributed by atoms with E-state index in [9.17, 15) is 9.90 Å². The Kier molecular flexibility index (Phi) is 7.86. The zero-order valence-electron chi connectivity index (χ0n) is 16.1. The number of amides is 1. The fourth-order valence-corrected chi connectivity index (χ4v) is 3.82. The number of carbonyl (C=O) groups is 1. The van der Waals surface area contributed by atoms with Crippen LogP contribution < -0.4 is 5.32 Å². The van der Waals surface area contributed by atoms with Crippen LogP contribution in [0.2, 0.25) is 5.02 Å². The van der Waals surface area contributed by atoms with Gasteiger partial charge >= 0.3 is 0 Å². The number of hydrogen-bond donors (Lipinski definition) is 2. The zero-order chi connectivity index (χ0) is 19.8. The van der Waals surface area contributed by atoms with Gasteiger partial charge in [-0.3, -0.25) is 14.6 Å². The molecule has 2 aromatic rings. The maximum atomic E-state index is 12.8. The van der Waals surface area contributed by atoms with Crippen LogP contribution in [0.3, 0.4) is 0 Å². The van der Waals surface area contributed by atoms with Crippen molar-refractivity contribution in [3.63, 3.8) is 0 Å². The summed E-state index contributed by atoms with van der Waals surface area (Å²) in [5.74, 6) is -0.0505. The summed E-state index contributed by atoms with van der Waals surface area (Å²) in [5, 5.41) is 13.1. The number of hydrogen-bond acceptors (Lipinski definition) is 4. The summed E-state index contributed by atoms with van der Waals surface area (Å²) < 4.78 is 0. The fourth-order valence-electron chi connectivity index (χ4n) is 3.62. The summed E-state index contributed by atoms with van der Waals surface area (Å²) in [5.41, 5.74) is 2.20. The number of rotatable bonds is 8. The molecule has 2 aromatic carbocycles. The molecule has 150 valence electrons. The second-order valence-corrected chi connectivity index (χ2v) is 7.54. The number of aliphatic hydroxyl groups excluding tert-OH is 1. The van der Waals surface area contributed by atoms with Crippen LogP contribution in [0.4, 0.5) is 0 Å². The average molecular weight is 402 g/mol. The lowest BCUT2D eigenvalue weighted by Crippen LogP contribution is -2.54. The molecule has 0 saturated carbocycles. The van der Waals surface area contributed by atoms with Crippen LogP contribution in [0.5, 0.6) is 0 Å². The highest BCUT2D eigenvalue weighted by molar-refractivity contribution is 6.31. The number of benzene rings is 2. The number of halogens is 1. The zero-order valence-corrected chi connectivity index (χ0v) is 16.8. The first-order valence-corrected chi connectivity index (χ1v) is 10.2. The Hall–Kier alpha value is -1.92. The summed E-state index contributed by atoms with van der Waals surface area (Å²) in [4.78, 5) is 17.4. The molecule has 0 aromatic heterocycles. The SMILES string of the molecule is O=C(NCc1ccccc1Cl)C(CCO)N1CCN(Cc2ccccc2)CC1. The van der Waals surface area contributed by atoms with Gasteiger partial charge in [0.2, 0.25) is 5.91 Å². The molecule has 1 aliphatic heterocycles. The Bertz CT molecular complexity index is 748. The fraction of sp³-hybridized carbons (Fsp3) is 0.409. The largest absolute Gasteiger partial charge is 0.396 e. The van der Waals surface area contributed by atoms with Crippen molar-refractivity contribution in [2.45, 2.75) is 25.6 Å². The van der Waals surface area contributed by atoms with Crippen molar-refractivity contribution < 1.29 is 9.90 Å². The van der Waals surface area contributed by atoms with E-state index < -0.39 is 0 Å². The Balaban J connectivity index is 1.52. The molecular formula is C22H28ClN3O2. The van der Waals surface area contributed by atoms with Gasteiger partial charge in [0.05, 0.1) is 6.04 Å². The van der Waals surface area contributed by atoms with E-state index in [0.29, 0.717) is 18.0 Å². The predicted octanol–water partition coefficient (Wildman–Crippen LogP) is 2.53. The van der Waals surface area contributed by atoms with Crippen molar-refractivity contribution >= 4 is 17.5 Å². The molecule has 28 heavy (non-hydrogen) atoms. The quantitative estimate of drug-likeness (QED) is 0.713. The lowest BCUT2D eigenvalue weighted by Gasteiger charge is -2.38. The summed E-state index contributed by atoms with van der Waals surface area (Å²) in [6, 6.07) is 17.6. The first-order chi connectivity index (χ1) is 13.7. The van der Waals surface area contributed by atoms with Gasteiger partial charge in [-0.15, -0.1) is 0 Å². The third-order valence-electron chi connectivity index (χ3n) is 5.21. The monoisotopic (exact) mass is 401 g/mol. The Morgan fingerprint density at radius 1 is 1.04 bits per heavy atom. The van der Waals surface area contributed by atoms with Gasteiger partial charge in [0.1, 0.15) is 0 Å². The van der Waals surface area contributed by atoms with Gasteiger partial charge in [0.25, 0.3) is 0 Å². The third kappa shape index (κ3) is 5.79. The van der Waals surface area contributed by atoms with E-state index in [4.69, 9.17) is 11.6 Å². The minimum Gasteiger partial charge on any atom is -0.396 e. The van der Waals surface area contributed by atoms with Crippen LogP contribution in [0.15, 0.2) is 54.6 Å². The van der Waals surface area contributed by atoms with E-state index in [0.717, 1.165) is 38.3 Å².